The Morgan fingerprint density at radius 3 is 2.09 bits per heavy atom. The molecule has 0 heterocycles. The fourth-order valence-electron chi connectivity index (χ4n) is 1.03. The molecular weight excluding hydrogens is 132 g/mol. The van der Waals surface area contributed by atoms with Gasteiger partial charge in [-0.05, 0) is 0 Å². The molecule has 0 saturated heterocycles. The maximum absolute atomic E-state index is 2.22. The molecule has 0 aliphatic carbocycles. The fourth-order valence-corrected chi connectivity index (χ4v) is 1.03. The lowest BCUT2D eigenvalue weighted by Gasteiger charge is -2.24. The molecule has 0 fully saturated rings. The lowest BCUT2D eigenvalue weighted by atomic mass is 9.91. The standard InChI is InChI=1S/C11H15/c1-9(2)10(3)11-7-5-4-6-8-11/h4-9H,1-3H3/q-1. The van der Waals surface area contributed by atoms with Crippen molar-refractivity contribution in [1.29, 1.82) is 0 Å². The van der Waals surface area contributed by atoms with Gasteiger partial charge in [-0.1, -0.05) is 32.8 Å². The van der Waals surface area contributed by atoms with Crippen LogP contribution in [0.2, 0.25) is 0 Å². The average Bonchev–Trinajstić information content (AvgIpc) is 2.05. The third-order valence-electron chi connectivity index (χ3n) is 2.10. The Hall–Kier alpha value is -0.910. The molecule has 0 saturated carbocycles. The van der Waals surface area contributed by atoms with Crippen LogP contribution in [0.5, 0.6) is 0 Å². The van der Waals surface area contributed by atoms with E-state index in [-0.39, 0.29) is 0 Å². The Morgan fingerprint density at radius 2 is 1.64 bits per heavy atom. The zero-order valence-electron chi connectivity index (χ0n) is 7.46. The van der Waals surface area contributed by atoms with Crippen molar-refractivity contribution >= 4 is 0 Å². The van der Waals surface area contributed by atoms with Gasteiger partial charge in [0.2, 0.25) is 0 Å². The second kappa shape index (κ2) is 3.47. The summed E-state index contributed by atoms with van der Waals surface area (Å²) in [6.45, 7) is 6.64. The summed E-state index contributed by atoms with van der Waals surface area (Å²) in [7, 11) is 0. The molecule has 0 aliphatic rings. The molecule has 0 heteroatoms. The van der Waals surface area contributed by atoms with Crippen molar-refractivity contribution in [2.45, 2.75) is 20.8 Å². The van der Waals surface area contributed by atoms with Gasteiger partial charge in [-0.3, -0.25) is 0 Å². The highest BCUT2D eigenvalue weighted by atomic mass is 14.1. The predicted octanol–water partition coefficient (Wildman–Crippen LogP) is 3.29. The molecule has 11 heavy (non-hydrogen) atoms. The lowest BCUT2D eigenvalue weighted by molar-refractivity contribution is 0.690. The van der Waals surface area contributed by atoms with Crippen LogP contribution in [0.4, 0.5) is 0 Å². The van der Waals surface area contributed by atoms with Crippen LogP contribution in [-0.4, -0.2) is 0 Å². The van der Waals surface area contributed by atoms with E-state index < -0.39 is 0 Å². The molecule has 0 aliphatic heterocycles. The van der Waals surface area contributed by atoms with Crippen LogP contribution in [0.1, 0.15) is 26.3 Å². The van der Waals surface area contributed by atoms with Crippen LogP contribution in [0.15, 0.2) is 30.3 Å². The van der Waals surface area contributed by atoms with Crippen molar-refractivity contribution in [1.82, 2.24) is 0 Å². The third-order valence-corrected chi connectivity index (χ3v) is 2.10. The van der Waals surface area contributed by atoms with Crippen LogP contribution in [0, 0.1) is 11.8 Å². The molecular formula is C11H15-. The number of rotatable bonds is 2. The van der Waals surface area contributed by atoms with Crippen molar-refractivity contribution in [3.05, 3.63) is 41.8 Å². The summed E-state index contributed by atoms with van der Waals surface area (Å²) in [4.78, 5) is 0. The molecule has 1 aromatic rings. The summed E-state index contributed by atoms with van der Waals surface area (Å²) in [6.07, 6.45) is 0. The third kappa shape index (κ3) is 2.01. The Balaban J connectivity index is 2.77. The van der Waals surface area contributed by atoms with E-state index in [0.717, 1.165) is 0 Å². The molecule has 0 bridgehead atoms. The lowest BCUT2D eigenvalue weighted by Crippen LogP contribution is -2.02. The molecule has 1 rings (SSSR count). The second-order valence-corrected chi connectivity index (χ2v) is 3.20. The molecule has 0 amide bonds. The summed E-state index contributed by atoms with van der Waals surface area (Å²) in [5, 5.41) is 0. The normalized spacial score (nSPS) is 10.2. The van der Waals surface area contributed by atoms with Crippen LogP contribution in [0.25, 0.3) is 0 Å². The monoisotopic (exact) mass is 147 g/mol. The van der Waals surface area contributed by atoms with Gasteiger partial charge >= 0.3 is 0 Å². The van der Waals surface area contributed by atoms with Gasteiger partial charge in [0.25, 0.3) is 0 Å². The highest BCUT2D eigenvalue weighted by molar-refractivity contribution is 5.29. The summed E-state index contributed by atoms with van der Waals surface area (Å²) in [5.41, 5.74) is 1.36. The smallest absolute Gasteiger partial charge is 0.0696 e. The number of benzene rings is 1. The first-order valence-electron chi connectivity index (χ1n) is 4.10. The largest absolute Gasteiger partial charge is 0.189 e. The first-order chi connectivity index (χ1) is 5.22. The minimum absolute atomic E-state index is 0.650. The van der Waals surface area contributed by atoms with Crippen molar-refractivity contribution in [2.24, 2.45) is 5.92 Å². The first kappa shape index (κ1) is 8.19. The molecule has 0 N–H and O–H groups in total. The number of hydrogen-bond acceptors (Lipinski definition) is 0. The highest BCUT2D eigenvalue weighted by Crippen LogP contribution is 2.21. The first-order valence-corrected chi connectivity index (χ1v) is 4.10. The molecule has 0 atom stereocenters. The second-order valence-electron chi connectivity index (χ2n) is 3.20. The van der Waals surface area contributed by atoms with Gasteiger partial charge in [0.05, 0.1) is 0 Å². The summed E-state index contributed by atoms with van der Waals surface area (Å²) >= 11 is 0. The van der Waals surface area contributed by atoms with Gasteiger partial charge in [-0.2, -0.15) is 23.6 Å². The van der Waals surface area contributed by atoms with Crippen molar-refractivity contribution in [3.8, 4) is 0 Å². The average molecular weight is 147 g/mol. The van der Waals surface area contributed by atoms with E-state index >= 15 is 0 Å². The molecule has 0 nitrogen and oxygen atoms in total. The van der Waals surface area contributed by atoms with Crippen LogP contribution in [-0.2, 0) is 0 Å². The molecule has 0 radical (unpaired) electrons. The van der Waals surface area contributed by atoms with Gasteiger partial charge in [0.15, 0.2) is 0 Å². The zero-order valence-corrected chi connectivity index (χ0v) is 7.46. The Labute approximate surface area is 69.3 Å². The van der Waals surface area contributed by atoms with Crippen LogP contribution < -0.4 is 0 Å². The van der Waals surface area contributed by atoms with E-state index in [0.29, 0.717) is 5.92 Å². The summed E-state index contributed by atoms with van der Waals surface area (Å²) in [6, 6.07) is 10.5. The van der Waals surface area contributed by atoms with Crippen LogP contribution >= 0.6 is 0 Å². The fraction of sp³-hybridized carbons (Fsp3) is 0.364. The zero-order chi connectivity index (χ0) is 8.27. The topological polar surface area (TPSA) is 0 Å². The van der Waals surface area contributed by atoms with E-state index in [1.165, 1.54) is 11.5 Å². The molecule has 0 spiro atoms. The van der Waals surface area contributed by atoms with E-state index in [1.54, 1.807) is 0 Å². The summed E-state index contributed by atoms with van der Waals surface area (Å²) in [5.74, 6) is 2.11. The van der Waals surface area contributed by atoms with E-state index in [4.69, 9.17) is 0 Å². The number of hydrogen-bond donors (Lipinski definition) is 0. The van der Waals surface area contributed by atoms with Gasteiger partial charge in [0.1, 0.15) is 0 Å². The molecule has 1 aromatic carbocycles. The van der Waals surface area contributed by atoms with E-state index in [9.17, 15) is 0 Å². The van der Waals surface area contributed by atoms with Gasteiger partial charge in [0, 0.05) is 0 Å². The minimum atomic E-state index is 0.650. The minimum Gasteiger partial charge on any atom is -0.189 e. The molecule has 0 aromatic heterocycles. The quantitative estimate of drug-likeness (QED) is 0.563. The van der Waals surface area contributed by atoms with E-state index in [1.807, 2.05) is 0 Å². The highest BCUT2D eigenvalue weighted by Gasteiger charge is 1.98. The van der Waals surface area contributed by atoms with Crippen molar-refractivity contribution < 1.29 is 0 Å². The van der Waals surface area contributed by atoms with Gasteiger partial charge < -0.3 is 0 Å². The Morgan fingerprint density at radius 1 is 1.09 bits per heavy atom. The van der Waals surface area contributed by atoms with Crippen molar-refractivity contribution in [2.75, 3.05) is 0 Å². The van der Waals surface area contributed by atoms with Crippen LogP contribution in [0.3, 0.4) is 0 Å². The van der Waals surface area contributed by atoms with E-state index in [2.05, 4.69) is 51.1 Å². The maximum atomic E-state index is 2.22. The summed E-state index contributed by atoms with van der Waals surface area (Å²) < 4.78 is 0. The maximum Gasteiger partial charge on any atom is -0.0696 e. The Bertz CT molecular complexity index is 199. The van der Waals surface area contributed by atoms with Gasteiger partial charge in [-0.15, -0.1) is 12.1 Å². The SMILES string of the molecule is C[C-](c1ccccc1)C(C)C. The molecule has 0 unspecified atom stereocenters. The Kier molecular flexibility index (Phi) is 2.58. The molecule has 60 valence electrons. The predicted molar refractivity (Wildman–Crippen MR) is 49.3 cm³/mol. The van der Waals surface area contributed by atoms with Gasteiger partial charge in [-0.25, -0.2) is 0 Å². The van der Waals surface area contributed by atoms with Crippen molar-refractivity contribution in [3.63, 3.8) is 0 Å².